The molecule has 2 aromatic rings. The molecule has 0 saturated carbocycles. The van der Waals surface area contributed by atoms with Crippen LogP contribution in [0.3, 0.4) is 0 Å². The van der Waals surface area contributed by atoms with E-state index in [0.717, 1.165) is 38.5 Å². The van der Waals surface area contributed by atoms with Gasteiger partial charge in [0.1, 0.15) is 22.8 Å². The van der Waals surface area contributed by atoms with Crippen LogP contribution in [0.5, 0.6) is 17.2 Å². The highest BCUT2D eigenvalue weighted by Gasteiger charge is 2.16. The summed E-state index contributed by atoms with van der Waals surface area (Å²) in [5, 5.41) is 10.1. The molecular formula is C34H42O10. The van der Waals surface area contributed by atoms with E-state index in [2.05, 4.69) is 13.2 Å². The fourth-order valence-electron chi connectivity index (χ4n) is 3.72. The summed E-state index contributed by atoms with van der Waals surface area (Å²) in [4.78, 5) is 47.8. The molecule has 2 rings (SSSR count). The summed E-state index contributed by atoms with van der Waals surface area (Å²) in [5.41, 5.74) is 0.922. The van der Waals surface area contributed by atoms with Crippen molar-refractivity contribution in [1.82, 2.24) is 0 Å². The summed E-state index contributed by atoms with van der Waals surface area (Å²) in [6.07, 6.45) is 6.29. The minimum absolute atomic E-state index is 0.0822. The normalized spacial score (nSPS) is 10.4. The van der Waals surface area contributed by atoms with Crippen LogP contribution in [0.2, 0.25) is 0 Å². The summed E-state index contributed by atoms with van der Waals surface area (Å²) in [7, 11) is 0. The molecule has 0 bridgehead atoms. The quantitative estimate of drug-likeness (QED) is 0.0581. The smallest absolute Gasteiger partial charge is 0.343 e. The fourth-order valence-corrected chi connectivity index (χ4v) is 3.72. The Kier molecular flexibility index (Phi) is 15.8. The van der Waals surface area contributed by atoms with E-state index in [1.165, 1.54) is 18.2 Å². The molecule has 0 radical (unpaired) electrons. The zero-order valence-electron chi connectivity index (χ0n) is 25.6. The van der Waals surface area contributed by atoms with Gasteiger partial charge in [0, 0.05) is 11.1 Å². The van der Waals surface area contributed by atoms with Crippen molar-refractivity contribution in [3.05, 3.63) is 77.9 Å². The van der Waals surface area contributed by atoms with Crippen molar-refractivity contribution >= 4 is 23.9 Å². The van der Waals surface area contributed by atoms with Crippen LogP contribution in [-0.2, 0) is 23.8 Å². The number of benzene rings is 2. The third-order valence-electron chi connectivity index (χ3n) is 6.23. The maximum absolute atomic E-state index is 12.6. The van der Waals surface area contributed by atoms with Gasteiger partial charge in [0.05, 0.1) is 32.0 Å². The maximum Gasteiger partial charge on any atom is 0.343 e. The van der Waals surface area contributed by atoms with E-state index in [0.29, 0.717) is 49.6 Å². The van der Waals surface area contributed by atoms with Gasteiger partial charge < -0.3 is 28.8 Å². The van der Waals surface area contributed by atoms with Gasteiger partial charge in [-0.25, -0.2) is 19.2 Å². The van der Waals surface area contributed by atoms with Gasteiger partial charge >= 0.3 is 23.9 Å². The zero-order valence-corrected chi connectivity index (χ0v) is 25.6. The Morgan fingerprint density at radius 2 is 1.09 bits per heavy atom. The number of hydrogen-bond donors (Lipinski definition) is 1. The molecule has 1 N–H and O–H groups in total. The predicted octanol–water partition coefficient (Wildman–Crippen LogP) is 6.51. The lowest BCUT2D eigenvalue weighted by Gasteiger charge is -2.10. The van der Waals surface area contributed by atoms with Crippen LogP contribution in [0.1, 0.15) is 85.9 Å². The van der Waals surface area contributed by atoms with Gasteiger partial charge in [-0.3, -0.25) is 0 Å². The second-order valence-electron chi connectivity index (χ2n) is 10.2. The number of esters is 4. The highest BCUT2D eigenvalue weighted by molar-refractivity contribution is 5.94. The van der Waals surface area contributed by atoms with Gasteiger partial charge in [-0.2, -0.15) is 0 Å². The molecule has 10 nitrogen and oxygen atoms in total. The average Bonchev–Trinajstić information content (AvgIpc) is 3.00. The van der Waals surface area contributed by atoms with Crippen molar-refractivity contribution in [3.63, 3.8) is 0 Å². The van der Waals surface area contributed by atoms with E-state index in [1.807, 2.05) is 0 Å². The molecule has 0 aliphatic carbocycles. The van der Waals surface area contributed by atoms with Gasteiger partial charge in [-0.15, -0.1) is 0 Å². The summed E-state index contributed by atoms with van der Waals surface area (Å²) in [5.74, 6) is -1.75. The summed E-state index contributed by atoms with van der Waals surface area (Å²) in [6.45, 7) is 11.6. The molecule has 0 atom stereocenters. The van der Waals surface area contributed by atoms with Gasteiger partial charge in [-0.1, -0.05) is 13.2 Å². The van der Waals surface area contributed by atoms with Crippen LogP contribution in [0.4, 0.5) is 0 Å². The van der Waals surface area contributed by atoms with Crippen LogP contribution in [0.25, 0.3) is 0 Å². The van der Waals surface area contributed by atoms with Crippen molar-refractivity contribution in [2.45, 2.75) is 65.2 Å². The van der Waals surface area contributed by atoms with Crippen molar-refractivity contribution < 1.29 is 48.0 Å². The maximum atomic E-state index is 12.6. The number of carbonyl (C=O) groups excluding carboxylic acids is 4. The molecule has 0 spiro atoms. The molecular weight excluding hydrogens is 568 g/mol. The monoisotopic (exact) mass is 610 g/mol. The Labute approximate surface area is 258 Å². The molecule has 0 saturated heterocycles. The molecule has 2 aromatic carbocycles. The molecule has 10 heteroatoms. The van der Waals surface area contributed by atoms with E-state index in [4.69, 9.17) is 23.7 Å². The number of rotatable bonds is 20. The van der Waals surface area contributed by atoms with Crippen LogP contribution >= 0.6 is 0 Å². The summed E-state index contributed by atoms with van der Waals surface area (Å²) in [6, 6.07) is 10.4. The number of aromatic hydroxyl groups is 1. The van der Waals surface area contributed by atoms with Gasteiger partial charge in [0.15, 0.2) is 0 Å². The van der Waals surface area contributed by atoms with Crippen molar-refractivity contribution in [3.8, 4) is 17.2 Å². The van der Waals surface area contributed by atoms with Crippen molar-refractivity contribution in [2.75, 3.05) is 26.4 Å². The SMILES string of the molecule is C=C(C)C(=O)OCCCCCCOC(=O)c1cc(OC(=O)c2ccc(OCCCCCCOC(=O)C(=C)C)cc2)ccc1O. The molecule has 0 heterocycles. The lowest BCUT2D eigenvalue weighted by atomic mass is 10.2. The third kappa shape index (κ3) is 13.6. The standard InChI is InChI=1S/C34H42O10/c1-24(2)31(36)41-20-10-6-5-9-19-40-27-15-13-26(14-16-27)33(38)44-28-17-18-30(35)29(23-28)34(39)43-22-12-8-7-11-21-42-32(37)25(3)4/h13-18,23,35H,1,3,5-12,19-22H2,2,4H3. The van der Waals surface area contributed by atoms with E-state index in [9.17, 15) is 24.3 Å². The number of ether oxygens (including phenoxy) is 5. The number of unbranched alkanes of at least 4 members (excludes halogenated alkanes) is 6. The number of phenolic OH excluding ortho intramolecular Hbond substituents is 1. The molecule has 0 fully saturated rings. The van der Waals surface area contributed by atoms with E-state index >= 15 is 0 Å². The van der Waals surface area contributed by atoms with Crippen LogP contribution in [0.15, 0.2) is 66.8 Å². The number of hydrogen-bond acceptors (Lipinski definition) is 10. The molecule has 0 aliphatic heterocycles. The minimum atomic E-state index is -0.733. The lowest BCUT2D eigenvalue weighted by molar-refractivity contribution is -0.139. The van der Waals surface area contributed by atoms with Gasteiger partial charge in [-0.05, 0) is 108 Å². The summed E-state index contributed by atoms with van der Waals surface area (Å²) >= 11 is 0. The second kappa shape index (κ2) is 19.6. The predicted molar refractivity (Wildman–Crippen MR) is 164 cm³/mol. The summed E-state index contributed by atoms with van der Waals surface area (Å²) < 4.78 is 26.5. The number of carbonyl (C=O) groups is 4. The van der Waals surface area contributed by atoms with Crippen molar-refractivity contribution in [1.29, 1.82) is 0 Å². The topological polar surface area (TPSA) is 135 Å². The highest BCUT2D eigenvalue weighted by Crippen LogP contribution is 2.25. The first-order valence-corrected chi connectivity index (χ1v) is 14.7. The molecule has 0 aromatic heterocycles. The highest BCUT2D eigenvalue weighted by atomic mass is 16.5. The Morgan fingerprint density at radius 1 is 0.614 bits per heavy atom. The fraction of sp³-hybridized carbons (Fsp3) is 0.412. The minimum Gasteiger partial charge on any atom is -0.507 e. The molecule has 0 unspecified atom stereocenters. The zero-order chi connectivity index (χ0) is 32.3. The Hall–Kier alpha value is -4.60. The van der Waals surface area contributed by atoms with Gasteiger partial charge in [0.2, 0.25) is 0 Å². The molecule has 44 heavy (non-hydrogen) atoms. The first kappa shape index (κ1) is 35.6. The molecule has 238 valence electrons. The third-order valence-corrected chi connectivity index (χ3v) is 6.23. The van der Waals surface area contributed by atoms with Crippen LogP contribution in [-0.4, -0.2) is 55.4 Å². The Bertz CT molecular complexity index is 1280. The Morgan fingerprint density at radius 3 is 1.61 bits per heavy atom. The van der Waals surface area contributed by atoms with Crippen LogP contribution in [0, 0.1) is 0 Å². The molecule has 0 amide bonds. The molecule has 0 aliphatic rings. The Balaban J connectivity index is 1.69. The second-order valence-corrected chi connectivity index (χ2v) is 10.2. The number of phenols is 1. The van der Waals surface area contributed by atoms with Gasteiger partial charge in [0.25, 0.3) is 0 Å². The van der Waals surface area contributed by atoms with E-state index < -0.39 is 17.9 Å². The first-order chi connectivity index (χ1) is 21.1. The van der Waals surface area contributed by atoms with Crippen molar-refractivity contribution in [2.24, 2.45) is 0 Å². The lowest BCUT2D eigenvalue weighted by Crippen LogP contribution is -2.10. The van der Waals surface area contributed by atoms with E-state index in [-0.39, 0.29) is 35.2 Å². The average molecular weight is 611 g/mol. The van der Waals surface area contributed by atoms with E-state index in [1.54, 1.807) is 38.1 Å². The van der Waals surface area contributed by atoms with Crippen LogP contribution < -0.4 is 9.47 Å². The largest absolute Gasteiger partial charge is 0.507 e. The first-order valence-electron chi connectivity index (χ1n) is 14.7.